The van der Waals surface area contributed by atoms with Crippen LogP contribution in [0.3, 0.4) is 0 Å². The summed E-state index contributed by atoms with van der Waals surface area (Å²) in [7, 11) is 0. The van der Waals surface area contributed by atoms with Gasteiger partial charge in [-0.2, -0.15) is 0 Å². The maximum absolute atomic E-state index is 11.5. The smallest absolute Gasteiger partial charge is 0.251 e. The van der Waals surface area contributed by atoms with Gasteiger partial charge >= 0.3 is 0 Å². The molecule has 1 unspecified atom stereocenters. The molecule has 0 N–H and O–H groups in total. The van der Waals surface area contributed by atoms with E-state index in [1.165, 1.54) is 5.06 Å². The van der Waals surface area contributed by atoms with Crippen LogP contribution < -0.4 is 0 Å². The minimum absolute atomic E-state index is 0.162. The molecular weight excluding hydrogens is 190 g/mol. The van der Waals surface area contributed by atoms with E-state index >= 15 is 0 Å². The normalized spacial score (nSPS) is 20.2. The van der Waals surface area contributed by atoms with Crippen LogP contribution in [0.15, 0.2) is 12.7 Å². The number of hydrogen-bond acceptors (Lipinski definition) is 2. The third-order valence-electron chi connectivity index (χ3n) is 2.69. The number of carbonyl (C=O) groups is 1. The number of hydroxylamine groups is 2. The maximum Gasteiger partial charge on any atom is 0.251 e. The van der Waals surface area contributed by atoms with Crippen molar-refractivity contribution in [1.82, 2.24) is 5.06 Å². The first kappa shape index (κ1) is 12.2. The van der Waals surface area contributed by atoms with Crippen molar-refractivity contribution in [3.8, 4) is 0 Å². The van der Waals surface area contributed by atoms with Gasteiger partial charge in [0.15, 0.2) is 0 Å². The number of rotatable bonds is 8. The monoisotopic (exact) mass is 211 g/mol. The van der Waals surface area contributed by atoms with E-state index in [1.54, 1.807) is 0 Å². The number of amides is 1. The number of allylic oxidation sites excluding steroid dienone is 1. The third-order valence-corrected chi connectivity index (χ3v) is 2.69. The molecule has 0 aromatic carbocycles. The predicted molar refractivity (Wildman–Crippen MR) is 60.1 cm³/mol. The number of unbranched alkanes of at least 4 members (excludes halogenated alkanes) is 2. The molecule has 1 aliphatic rings. The minimum atomic E-state index is 0.162. The van der Waals surface area contributed by atoms with Crippen molar-refractivity contribution in [2.75, 3.05) is 13.2 Å². The van der Waals surface area contributed by atoms with Gasteiger partial charge in [-0.1, -0.05) is 19.4 Å². The molecule has 1 fully saturated rings. The van der Waals surface area contributed by atoms with E-state index in [4.69, 9.17) is 4.84 Å². The van der Waals surface area contributed by atoms with E-state index < -0.39 is 0 Å². The topological polar surface area (TPSA) is 29.5 Å². The van der Waals surface area contributed by atoms with Crippen molar-refractivity contribution in [1.29, 1.82) is 0 Å². The standard InChI is InChI=1S/C12H21NO2/c1-3-5-7-8-11-10-13(12(11)14)15-9-6-4-2/h3,11H,1,4-10H2,2H3. The summed E-state index contributed by atoms with van der Waals surface area (Å²) in [6.07, 6.45) is 7.05. The van der Waals surface area contributed by atoms with Crippen molar-refractivity contribution in [2.24, 2.45) is 5.92 Å². The van der Waals surface area contributed by atoms with E-state index in [-0.39, 0.29) is 11.8 Å². The lowest BCUT2D eigenvalue weighted by atomic mass is 9.95. The molecule has 15 heavy (non-hydrogen) atoms. The second-order valence-electron chi connectivity index (χ2n) is 4.00. The Kier molecular flexibility index (Phi) is 5.40. The van der Waals surface area contributed by atoms with E-state index in [0.717, 1.165) is 38.6 Å². The molecular formula is C12H21NO2. The van der Waals surface area contributed by atoms with Crippen LogP contribution in [0.4, 0.5) is 0 Å². The van der Waals surface area contributed by atoms with Crippen LogP contribution in [0.1, 0.15) is 39.0 Å². The Balaban J connectivity index is 2.06. The predicted octanol–water partition coefficient (Wildman–Crippen LogP) is 2.53. The molecule has 0 aliphatic carbocycles. The number of nitrogens with zero attached hydrogens (tertiary/aromatic N) is 1. The van der Waals surface area contributed by atoms with E-state index in [9.17, 15) is 4.79 Å². The Labute approximate surface area is 92.0 Å². The molecule has 3 nitrogen and oxygen atoms in total. The molecule has 0 spiro atoms. The molecule has 1 rings (SSSR count). The molecule has 0 aromatic rings. The third kappa shape index (κ3) is 3.67. The second kappa shape index (κ2) is 6.62. The fourth-order valence-electron chi connectivity index (χ4n) is 1.62. The van der Waals surface area contributed by atoms with Crippen molar-refractivity contribution in [2.45, 2.75) is 39.0 Å². The SMILES string of the molecule is C=CCCCC1CN(OCCCC)C1=O. The Hall–Kier alpha value is -0.830. The van der Waals surface area contributed by atoms with Gasteiger partial charge in [-0.25, -0.2) is 5.06 Å². The first-order valence-electron chi connectivity index (χ1n) is 5.84. The van der Waals surface area contributed by atoms with E-state index in [0.29, 0.717) is 6.61 Å². The summed E-state index contributed by atoms with van der Waals surface area (Å²) >= 11 is 0. The summed E-state index contributed by atoms with van der Waals surface area (Å²) in [4.78, 5) is 16.9. The molecule has 3 heteroatoms. The Bertz CT molecular complexity index is 216. The van der Waals surface area contributed by atoms with Gasteiger partial charge in [-0.05, 0) is 25.7 Å². The molecule has 0 aromatic heterocycles. The van der Waals surface area contributed by atoms with Crippen LogP contribution in [0.25, 0.3) is 0 Å². The van der Waals surface area contributed by atoms with Crippen LogP contribution in [0.5, 0.6) is 0 Å². The zero-order valence-electron chi connectivity index (χ0n) is 9.58. The summed E-state index contributed by atoms with van der Waals surface area (Å²) in [5.41, 5.74) is 0. The molecule has 0 radical (unpaired) electrons. The highest BCUT2D eigenvalue weighted by atomic mass is 16.7. The molecule has 1 aliphatic heterocycles. The van der Waals surface area contributed by atoms with E-state index in [1.807, 2.05) is 6.08 Å². The van der Waals surface area contributed by atoms with E-state index in [2.05, 4.69) is 13.5 Å². The first-order valence-corrected chi connectivity index (χ1v) is 5.84. The fourth-order valence-corrected chi connectivity index (χ4v) is 1.62. The molecule has 1 heterocycles. The highest BCUT2D eigenvalue weighted by Crippen LogP contribution is 2.23. The lowest BCUT2D eigenvalue weighted by molar-refractivity contribution is -0.221. The zero-order chi connectivity index (χ0) is 11.1. The summed E-state index contributed by atoms with van der Waals surface area (Å²) in [6.45, 7) is 7.22. The van der Waals surface area contributed by atoms with Gasteiger partial charge in [0.2, 0.25) is 0 Å². The first-order chi connectivity index (χ1) is 7.29. The zero-order valence-corrected chi connectivity index (χ0v) is 9.58. The summed E-state index contributed by atoms with van der Waals surface area (Å²) in [5.74, 6) is 0.363. The van der Waals surface area contributed by atoms with Crippen molar-refractivity contribution < 1.29 is 9.63 Å². The summed E-state index contributed by atoms with van der Waals surface area (Å²) in [6, 6.07) is 0. The Morgan fingerprint density at radius 1 is 1.60 bits per heavy atom. The van der Waals surface area contributed by atoms with Crippen molar-refractivity contribution >= 4 is 5.91 Å². The average molecular weight is 211 g/mol. The molecule has 0 bridgehead atoms. The van der Waals surface area contributed by atoms with Gasteiger partial charge < -0.3 is 0 Å². The van der Waals surface area contributed by atoms with Crippen LogP contribution in [-0.4, -0.2) is 24.1 Å². The second-order valence-corrected chi connectivity index (χ2v) is 4.00. The lowest BCUT2D eigenvalue weighted by Gasteiger charge is -2.37. The Morgan fingerprint density at radius 3 is 3.00 bits per heavy atom. The average Bonchev–Trinajstić information content (AvgIpc) is 2.25. The van der Waals surface area contributed by atoms with Crippen molar-refractivity contribution in [3.05, 3.63) is 12.7 Å². The number of carbonyl (C=O) groups excluding carboxylic acids is 1. The minimum Gasteiger partial charge on any atom is -0.272 e. The molecule has 1 atom stereocenters. The summed E-state index contributed by atoms with van der Waals surface area (Å²) < 4.78 is 0. The van der Waals surface area contributed by atoms with Crippen LogP contribution in [0.2, 0.25) is 0 Å². The quantitative estimate of drug-likeness (QED) is 0.351. The Morgan fingerprint density at radius 2 is 2.40 bits per heavy atom. The molecule has 1 saturated heterocycles. The largest absolute Gasteiger partial charge is 0.272 e. The highest BCUT2D eigenvalue weighted by molar-refractivity contribution is 5.83. The van der Waals surface area contributed by atoms with Gasteiger partial charge in [0, 0.05) is 0 Å². The van der Waals surface area contributed by atoms with Crippen LogP contribution >= 0.6 is 0 Å². The highest BCUT2D eigenvalue weighted by Gasteiger charge is 2.36. The van der Waals surface area contributed by atoms with Gasteiger partial charge in [-0.3, -0.25) is 9.63 Å². The number of hydrogen-bond donors (Lipinski definition) is 0. The fraction of sp³-hybridized carbons (Fsp3) is 0.750. The molecule has 1 amide bonds. The van der Waals surface area contributed by atoms with Crippen LogP contribution in [-0.2, 0) is 9.63 Å². The molecule has 86 valence electrons. The lowest BCUT2D eigenvalue weighted by Crippen LogP contribution is -2.52. The van der Waals surface area contributed by atoms with Gasteiger partial charge in [0.1, 0.15) is 0 Å². The maximum atomic E-state index is 11.5. The van der Waals surface area contributed by atoms with Crippen LogP contribution in [0, 0.1) is 5.92 Å². The number of β-lactam (4-membered cyclic amide) rings is 1. The molecule has 0 saturated carbocycles. The van der Waals surface area contributed by atoms with Gasteiger partial charge in [-0.15, -0.1) is 6.58 Å². The van der Waals surface area contributed by atoms with Crippen molar-refractivity contribution in [3.63, 3.8) is 0 Å². The summed E-state index contributed by atoms with van der Waals surface area (Å²) in [5, 5.41) is 1.51. The van der Waals surface area contributed by atoms with Gasteiger partial charge in [0.05, 0.1) is 19.1 Å². The van der Waals surface area contributed by atoms with Gasteiger partial charge in [0.25, 0.3) is 5.91 Å².